The van der Waals surface area contributed by atoms with E-state index in [1.807, 2.05) is 13.0 Å². The molecule has 2 aliphatic rings. The molecule has 1 N–H and O–H groups in total. The number of anilines is 1. The third kappa shape index (κ3) is 2.17. The highest BCUT2D eigenvalue weighted by molar-refractivity contribution is 5.71. The van der Waals surface area contributed by atoms with Crippen molar-refractivity contribution in [1.82, 2.24) is 9.97 Å². The maximum absolute atomic E-state index is 11.0. The summed E-state index contributed by atoms with van der Waals surface area (Å²) in [5.41, 5.74) is 1.12. The molecule has 1 aromatic rings. The molecule has 2 heterocycles. The molecule has 1 aliphatic carbocycles. The second kappa shape index (κ2) is 4.23. The molecule has 1 unspecified atom stereocenters. The van der Waals surface area contributed by atoms with Crippen molar-refractivity contribution < 1.29 is 9.90 Å². The van der Waals surface area contributed by atoms with Crippen LogP contribution in [-0.2, 0) is 4.79 Å². The van der Waals surface area contributed by atoms with Gasteiger partial charge in [0.1, 0.15) is 11.6 Å². The maximum Gasteiger partial charge on any atom is 0.308 e. The number of hydrogen-bond donors (Lipinski definition) is 1. The quantitative estimate of drug-likeness (QED) is 0.878. The Kier molecular flexibility index (Phi) is 2.69. The van der Waals surface area contributed by atoms with Crippen molar-refractivity contribution in [1.29, 1.82) is 0 Å². The zero-order valence-electron chi connectivity index (χ0n) is 10.5. The average Bonchev–Trinajstić information content (AvgIpc) is 3.05. The van der Waals surface area contributed by atoms with Crippen molar-refractivity contribution in [3.05, 3.63) is 17.6 Å². The Bertz CT molecular complexity index is 485. The van der Waals surface area contributed by atoms with E-state index in [2.05, 4.69) is 14.9 Å². The number of carboxylic acid groups (broad SMARTS) is 1. The van der Waals surface area contributed by atoms with E-state index in [0.29, 0.717) is 18.9 Å². The summed E-state index contributed by atoms with van der Waals surface area (Å²) < 4.78 is 0. The number of hydrogen-bond acceptors (Lipinski definition) is 4. The van der Waals surface area contributed by atoms with Gasteiger partial charge in [0, 0.05) is 30.8 Å². The molecule has 5 heteroatoms. The molecule has 0 radical (unpaired) electrons. The van der Waals surface area contributed by atoms with Gasteiger partial charge in [-0.25, -0.2) is 9.97 Å². The average molecular weight is 247 g/mol. The number of rotatable bonds is 3. The Morgan fingerprint density at radius 1 is 1.39 bits per heavy atom. The third-order valence-corrected chi connectivity index (χ3v) is 3.70. The van der Waals surface area contributed by atoms with Gasteiger partial charge in [0.05, 0.1) is 5.92 Å². The molecule has 1 saturated carbocycles. The van der Waals surface area contributed by atoms with Crippen LogP contribution in [0.4, 0.5) is 5.82 Å². The van der Waals surface area contributed by atoms with Crippen LogP contribution < -0.4 is 4.90 Å². The third-order valence-electron chi connectivity index (χ3n) is 3.70. The Labute approximate surface area is 106 Å². The first-order valence-electron chi connectivity index (χ1n) is 6.47. The van der Waals surface area contributed by atoms with E-state index in [1.54, 1.807) is 0 Å². The topological polar surface area (TPSA) is 66.3 Å². The van der Waals surface area contributed by atoms with E-state index in [4.69, 9.17) is 5.11 Å². The van der Waals surface area contributed by atoms with E-state index in [9.17, 15) is 4.79 Å². The summed E-state index contributed by atoms with van der Waals surface area (Å²) in [5, 5.41) is 9.03. The van der Waals surface area contributed by atoms with E-state index < -0.39 is 5.97 Å². The van der Waals surface area contributed by atoms with Crippen molar-refractivity contribution in [3.8, 4) is 0 Å². The highest BCUT2D eigenvalue weighted by Crippen LogP contribution is 2.40. The predicted octanol–water partition coefficient (Wildman–Crippen LogP) is 1.57. The summed E-state index contributed by atoms with van der Waals surface area (Å²) in [4.78, 5) is 21.9. The van der Waals surface area contributed by atoms with Crippen LogP contribution in [0.5, 0.6) is 0 Å². The molecule has 0 amide bonds. The first-order valence-corrected chi connectivity index (χ1v) is 6.47. The molecule has 0 spiro atoms. The van der Waals surface area contributed by atoms with Gasteiger partial charge in [0.15, 0.2) is 0 Å². The lowest BCUT2D eigenvalue weighted by Crippen LogP contribution is -2.24. The van der Waals surface area contributed by atoms with Gasteiger partial charge in [-0.05, 0) is 26.2 Å². The van der Waals surface area contributed by atoms with Crippen molar-refractivity contribution >= 4 is 11.8 Å². The first kappa shape index (κ1) is 11.4. The van der Waals surface area contributed by atoms with Crippen molar-refractivity contribution in [2.75, 3.05) is 18.0 Å². The molecule has 1 aromatic heterocycles. The largest absolute Gasteiger partial charge is 0.481 e. The summed E-state index contributed by atoms with van der Waals surface area (Å²) >= 11 is 0. The number of aromatic nitrogens is 2. The summed E-state index contributed by atoms with van der Waals surface area (Å²) in [6.07, 6.45) is 3.14. The Morgan fingerprint density at radius 3 is 2.78 bits per heavy atom. The monoisotopic (exact) mass is 247 g/mol. The highest BCUT2D eigenvalue weighted by atomic mass is 16.4. The molecule has 2 fully saturated rings. The summed E-state index contributed by atoms with van der Waals surface area (Å²) in [5.74, 6) is 1.32. The minimum Gasteiger partial charge on any atom is -0.481 e. The second-order valence-electron chi connectivity index (χ2n) is 5.24. The smallest absolute Gasteiger partial charge is 0.308 e. The molecular formula is C13H17N3O2. The van der Waals surface area contributed by atoms with Gasteiger partial charge in [0.25, 0.3) is 0 Å². The van der Waals surface area contributed by atoms with E-state index in [-0.39, 0.29) is 5.92 Å². The molecule has 1 aliphatic heterocycles. The van der Waals surface area contributed by atoms with E-state index in [1.165, 1.54) is 12.8 Å². The van der Waals surface area contributed by atoms with Crippen LogP contribution >= 0.6 is 0 Å². The molecule has 1 atom stereocenters. The van der Waals surface area contributed by atoms with Gasteiger partial charge in [-0.15, -0.1) is 0 Å². The summed E-state index contributed by atoms with van der Waals surface area (Å²) in [6, 6.07) is 2.04. The summed E-state index contributed by atoms with van der Waals surface area (Å²) in [7, 11) is 0. The lowest BCUT2D eigenvalue weighted by atomic mass is 10.1. The fourth-order valence-electron chi connectivity index (χ4n) is 2.49. The van der Waals surface area contributed by atoms with Gasteiger partial charge in [0.2, 0.25) is 0 Å². The molecule has 1 saturated heterocycles. The zero-order valence-corrected chi connectivity index (χ0v) is 10.5. The SMILES string of the molecule is Cc1nc(C2CC2)cc(N2CCC(C(=O)O)C2)n1. The van der Waals surface area contributed by atoms with Gasteiger partial charge in [-0.3, -0.25) is 4.79 Å². The lowest BCUT2D eigenvalue weighted by Gasteiger charge is -2.18. The van der Waals surface area contributed by atoms with Crippen LogP contribution in [-0.4, -0.2) is 34.1 Å². The fourth-order valence-corrected chi connectivity index (χ4v) is 2.49. The minimum atomic E-state index is -0.703. The van der Waals surface area contributed by atoms with Crippen LogP contribution in [0, 0.1) is 12.8 Å². The molecule has 0 aromatic carbocycles. The van der Waals surface area contributed by atoms with Crippen molar-refractivity contribution in [2.24, 2.45) is 5.92 Å². The lowest BCUT2D eigenvalue weighted by molar-refractivity contribution is -0.140. The molecule has 18 heavy (non-hydrogen) atoms. The van der Waals surface area contributed by atoms with Crippen LogP contribution in [0.1, 0.15) is 36.7 Å². The van der Waals surface area contributed by atoms with Crippen molar-refractivity contribution in [3.63, 3.8) is 0 Å². The first-order chi connectivity index (χ1) is 8.63. The zero-order chi connectivity index (χ0) is 12.7. The highest BCUT2D eigenvalue weighted by Gasteiger charge is 2.31. The van der Waals surface area contributed by atoms with Crippen LogP contribution in [0.15, 0.2) is 6.07 Å². The Hall–Kier alpha value is -1.65. The van der Waals surface area contributed by atoms with Gasteiger partial charge < -0.3 is 10.0 Å². The van der Waals surface area contributed by atoms with E-state index in [0.717, 1.165) is 23.9 Å². The molecule has 5 nitrogen and oxygen atoms in total. The maximum atomic E-state index is 11.0. The molecule has 96 valence electrons. The van der Waals surface area contributed by atoms with Gasteiger partial charge in [-0.1, -0.05) is 0 Å². The van der Waals surface area contributed by atoms with Crippen LogP contribution in [0.3, 0.4) is 0 Å². The number of carboxylic acids is 1. The number of carbonyl (C=O) groups is 1. The molecule has 3 rings (SSSR count). The molecule has 0 bridgehead atoms. The fraction of sp³-hybridized carbons (Fsp3) is 0.615. The normalized spacial score (nSPS) is 23.4. The number of aryl methyl sites for hydroxylation is 1. The second-order valence-corrected chi connectivity index (χ2v) is 5.24. The predicted molar refractivity (Wildman–Crippen MR) is 66.7 cm³/mol. The number of nitrogens with zero attached hydrogens (tertiary/aromatic N) is 3. The number of aliphatic carboxylic acids is 1. The van der Waals surface area contributed by atoms with E-state index >= 15 is 0 Å². The standard InChI is InChI=1S/C13H17N3O2/c1-8-14-11(9-2-3-9)6-12(15-8)16-5-4-10(7-16)13(17)18/h6,9-10H,2-5,7H2,1H3,(H,17,18). The Balaban J connectivity index is 1.81. The van der Waals surface area contributed by atoms with Crippen LogP contribution in [0.2, 0.25) is 0 Å². The van der Waals surface area contributed by atoms with Gasteiger partial charge in [-0.2, -0.15) is 0 Å². The molecular weight excluding hydrogens is 230 g/mol. The van der Waals surface area contributed by atoms with Gasteiger partial charge >= 0.3 is 5.97 Å². The summed E-state index contributed by atoms with van der Waals surface area (Å²) in [6.45, 7) is 3.24. The minimum absolute atomic E-state index is 0.260. The van der Waals surface area contributed by atoms with Crippen molar-refractivity contribution in [2.45, 2.75) is 32.1 Å². The Morgan fingerprint density at radius 2 is 2.17 bits per heavy atom. The van der Waals surface area contributed by atoms with Crippen LogP contribution in [0.25, 0.3) is 0 Å².